The fourth-order valence-corrected chi connectivity index (χ4v) is 4.47. The van der Waals surface area contributed by atoms with E-state index in [4.69, 9.17) is 9.98 Å². The molecule has 3 aliphatic rings. The summed E-state index contributed by atoms with van der Waals surface area (Å²) in [6.07, 6.45) is 5.24. The normalized spacial score (nSPS) is 16.5. The summed E-state index contributed by atoms with van der Waals surface area (Å²) < 4.78 is 0. The van der Waals surface area contributed by atoms with Crippen molar-refractivity contribution in [2.45, 2.75) is 45.1 Å². The number of carbonyl (C=O) groups excluding carboxylic acids is 1. The van der Waals surface area contributed by atoms with Crippen molar-refractivity contribution in [1.82, 2.24) is 9.97 Å². The molecule has 3 aromatic rings. The summed E-state index contributed by atoms with van der Waals surface area (Å²) in [5.74, 6) is 0.661. The zero-order valence-electron chi connectivity index (χ0n) is 17.4. The van der Waals surface area contributed by atoms with Crippen molar-refractivity contribution >= 4 is 22.9 Å². The van der Waals surface area contributed by atoms with Crippen molar-refractivity contribution < 1.29 is 4.79 Å². The molecule has 0 amide bonds. The van der Waals surface area contributed by atoms with Crippen molar-refractivity contribution in [3.8, 4) is 0 Å². The van der Waals surface area contributed by atoms with E-state index in [0.29, 0.717) is 31.0 Å². The Hall–Kier alpha value is -3.47. The molecule has 31 heavy (non-hydrogen) atoms. The first-order chi connectivity index (χ1) is 15.1. The molecule has 1 aromatic carbocycles. The van der Waals surface area contributed by atoms with Crippen molar-refractivity contribution in [2.24, 2.45) is 9.98 Å². The van der Waals surface area contributed by atoms with Gasteiger partial charge in [-0.1, -0.05) is 12.1 Å². The molecule has 1 fully saturated rings. The van der Waals surface area contributed by atoms with E-state index in [1.807, 2.05) is 37.4 Å². The Labute approximate surface area is 181 Å². The minimum atomic E-state index is 0.0477. The number of aromatic nitrogens is 2. The number of fused-ring (bicyclic) bond motifs is 2. The molecule has 152 valence electrons. The van der Waals surface area contributed by atoms with Crippen LogP contribution in [0.4, 0.5) is 5.69 Å². The maximum atomic E-state index is 12.8. The Morgan fingerprint density at radius 1 is 1.10 bits per heavy atom. The van der Waals surface area contributed by atoms with Crippen LogP contribution in [0.5, 0.6) is 0 Å². The Morgan fingerprint density at radius 3 is 2.84 bits per heavy atom. The molecule has 5 nitrogen and oxygen atoms in total. The van der Waals surface area contributed by atoms with Gasteiger partial charge in [0.2, 0.25) is 0 Å². The number of benzene rings is 1. The highest BCUT2D eigenvalue weighted by Gasteiger charge is 2.28. The number of rotatable bonds is 5. The van der Waals surface area contributed by atoms with Crippen LogP contribution in [0.2, 0.25) is 0 Å². The first-order valence-corrected chi connectivity index (χ1v) is 10.8. The van der Waals surface area contributed by atoms with E-state index in [1.54, 1.807) is 0 Å². The van der Waals surface area contributed by atoms with Gasteiger partial charge in [0.05, 0.1) is 30.1 Å². The van der Waals surface area contributed by atoms with Gasteiger partial charge in [0, 0.05) is 46.7 Å². The molecule has 0 saturated heterocycles. The average molecular weight is 406 g/mol. The fourth-order valence-electron chi connectivity index (χ4n) is 4.47. The number of carbonyl (C=O) groups is 1. The van der Waals surface area contributed by atoms with Crippen LogP contribution in [0.3, 0.4) is 0 Å². The van der Waals surface area contributed by atoms with E-state index in [1.165, 1.54) is 24.1 Å². The molecule has 0 unspecified atom stereocenters. The summed E-state index contributed by atoms with van der Waals surface area (Å²) in [6.45, 7) is 2.61. The van der Waals surface area contributed by atoms with Crippen molar-refractivity contribution in [2.75, 3.05) is 0 Å². The first kappa shape index (κ1) is 18.3. The molecule has 4 heterocycles. The summed E-state index contributed by atoms with van der Waals surface area (Å²) in [5.41, 5.74) is 10.0. The summed E-state index contributed by atoms with van der Waals surface area (Å²) in [7, 11) is 0. The lowest BCUT2D eigenvalue weighted by atomic mass is 9.96. The molecular weight excluding hydrogens is 384 g/mol. The van der Waals surface area contributed by atoms with Crippen molar-refractivity contribution in [3.05, 3.63) is 88.0 Å². The SMILES string of the molecule is Cc1cccc(CC(=O)C2=Nc3cc4c(cc3C2)CN=C4c2ccnc(C3CC3)c2)n1. The number of aliphatic imine (C=N–C) groups is 2. The molecule has 2 aromatic heterocycles. The summed E-state index contributed by atoms with van der Waals surface area (Å²) in [5, 5.41) is 0. The Kier molecular flexibility index (Phi) is 4.16. The zero-order valence-corrected chi connectivity index (χ0v) is 17.4. The van der Waals surface area contributed by atoms with Gasteiger partial charge in [-0.05, 0) is 61.2 Å². The van der Waals surface area contributed by atoms with Gasteiger partial charge >= 0.3 is 0 Å². The molecule has 2 aliphatic heterocycles. The van der Waals surface area contributed by atoms with E-state index in [2.05, 4.69) is 28.2 Å². The molecule has 0 radical (unpaired) electrons. The van der Waals surface area contributed by atoms with Crippen LogP contribution in [0.25, 0.3) is 0 Å². The third-order valence-electron chi connectivity index (χ3n) is 6.24. The van der Waals surface area contributed by atoms with Crippen LogP contribution >= 0.6 is 0 Å². The van der Waals surface area contributed by atoms with Gasteiger partial charge in [-0.15, -0.1) is 0 Å². The van der Waals surface area contributed by atoms with Crippen LogP contribution in [0.15, 0.2) is 58.6 Å². The summed E-state index contributed by atoms with van der Waals surface area (Å²) >= 11 is 0. The summed E-state index contributed by atoms with van der Waals surface area (Å²) in [6, 6.07) is 14.3. The number of nitrogens with zero attached hydrogens (tertiary/aromatic N) is 4. The van der Waals surface area contributed by atoms with E-state index < -0.39 is 0 Å². The third-order valence-corrected chi connectivity index (χ3v) is 6.24. The minimum Gasteiger partial charge on any atom is -0.292 e. The van der Waals surface area contributed by atoms with Gasteiger partial charge in [0.15, 0.2) is 5.78 Å². The summed E-state index contributed by atoms with van der Waals surface area (Å²) in [4.78, 5) is 31.4. The number of hydrogen-bond acceptors (Lipinski definition) is 5. The minimum absolute atomic E-state index is 0.0477. The van der Waals surface area contributed by atoms with Gasteiger partial charge in [-0.2, -0.15) is 0 Å². The van der Waals surface area contributed by atoms with Crippen LogP contribution in [0.1, 0.15) is 58.1 Å². The molecule has 0 bridgehead atoms. The number of ketones is 1. The molecule has 0 N–H and O–H groups in total. The van der Waals surface area contributed by atoms with Gasteiger partial charge in [-0.3, -0.25) is 19.8 Å². The van der Waals surface area contributed by atoms with Crippen LogP contribution in [0, 0.1) is 6.92 Å². The third kappa shape index (κ3) is 3.40. The van der Waals surface area contributed by atoms with E-state index in [9.17, 15) is 4.79 Å². The largest absolute Gasteiger partial charge is 0.292 e. The second-order valence-corrected chi connectivity index (χ2v) is 8.65. The number of aryl methyl sites for hydroxylation is 1. The lowest BCUT2D eigenvalue weighted by Crippen LogP contribution is -2.17. The highest BCUT2D eigenvalue weighted by Crippen LogP contribution is 2.40. The molecule has 1 saturated carbocycles. The van der Waals surface area contributed by atoms with Gasteiger partial charge in [-0.25, -0.2) is 4.99 Å². The lowest BCUT2D eigenvalue weighted by molar-refractivity contribution is -0.112. The number of hydrogen-bond donors (Lipinski definition) is 0. The van der Waals surface area contributed by atoms with E-state index in [-0.39, 0.29) is 5.78 Å². The van der Waals surface area contributed by atoms with Crippen molar-refractivity contribution in [3.63, 3.8) is 0 Å². The van der Waals surface area contributed by atoms with E-state index in [0.717, 1.165) is 39.5 Å². The van der Waals surface area contributed by atoms with Gasteiger partial charge in [0.25, 0.3) is 0 Å². The maximum Gasteiger partial charge on any atom is 0.183 e. The number of pyridine rings is 2. The molecule has 0 spiro atoms. The smallest absolute Gasteiger partial charge is 0.183 e. The molecular formula is C26H22N4O. The molecule has 1 aliphatic carbocycles. The quantitative estimate of drug-likeness (QED) is 0.628. The predicted molar refractivity (Wildman–Crippen MR) is 120 cm³/mol. The standard InChI is InChI=1S/C26H22N4O/c1-15-3-2-4-20(29-15)12-25(31)24-11-18-9-19-14-28-26(21(19)13-23(18)30-24)17-7-8-27-22(10-17)16-5-6-16/h2-4,7-10,13,16H,5-6,11-12,14H2,1H3. The average Bonchev–Trinajstić information content (AvgIpc) is 3.41. The second-order valence-electron chi connectivity index (χ2n) is 8.65. The number of Topliss-reactive ketones (excluding diaryl/α,β-unsaturated/α-hetero) is 1. The van der Waals surface area contributed by atoms with Gasteiger partial charge < -0.3 is 0 Å². The predicted octanol–water partition coefficient (Wildman–Crippen LogP) is 4.45. The highest BCUT2D eigenvalue weighted by atomic mass is 16.1. The second kappa shape index (κ2) is 7.05. The molecule has 6 rings (SSSR count). The topological polar surface area (TPSA) is 67.6 Å². The van der Waals surface area contributed by atoms with Crippen LogP contribution in [-0.2, 0) is 24.2 Å². The molecule has 0 atom stereocenters. The highest BCUT2D eigenvalue weighted by molar-refractivity contribution is 6.42. The van der Waals surface area contributed by atoms with Crippen molar-refractivity contribution in [1.29, 1.82) is 0 Å². The fraction of sp³-hybridized carbons (Fsp3) is 0.269. The van der Waals surface area contributed by atoms with Gasteiger partial charge in [0.1, 0.15) is 0 Å². The zero-order chi connectivity index (χ0) is 20.9. The first-order valence-electron chi connectivity index (χ1n) is 10.8. The Balaban J connectivity index is 1.27. The monoisotopic (exact) mass is 406 g/mol. The maximum absolute atomic E-state index is 12.8. The Bertz CT molecular complexity index is 1300. The lowest BCUT2D eigenvalue weighted by Gasteiger charge is -2.08. The van der Waals surface area contributed by atoms with Crippen LogP contribution in [-0.4, -0.2) is 27.2 Å². The van der Waals surface area contributed by atoms with Crippen LogP contribution < -0.4 is 0 Å². The van der Waals surface area contributed by atoms with E-state index >= 15 is 0 Å². The Morgan fingerprint density at radius 2 is 2.00 bits per heavy atom. The molecule has 5 heteroatoms.